The molecule has 0 bridgehead atoms. The zero-order valence-electron chi connectivity index (χ0n) is 33.8. The fraction of sp³-hybridized carbons (Fsp3) is 0.643. The van der Waals surface area contributed by atoms with Crippen molar-refractivity contribution in [1.29, 1.82) is 0 Å². The maximum Gasteiger partial charge on any atom is 0.408 e. The van der Waals surface area contributed by atoms with Crippen molar-refractivity contribution in [3.05, 3.63) is 48.2 Å². The molecule has 1 amide bonds. The van der Waals surface area contributed by atoms with Crippen molar-refractivity contribution in [1.82, 2.24) is 15.2 Å². The van der Waals surface area contributed by atoms with E-state index in [1.54, 1.807) is 47.7 Å². The molecular weight excluding hydrogens is 706 g/mol. The van der Waals surface area contributed by atoms with Gasteiger partial charge >= 0.3 is 12.1 Å². The molecule has 3 saturated heterocycles. The van der Waals surface area contributed by atoms with E-state index in [2.05, 4.69) is 10.3 Å². The van der Waals surface area contributed by atoms with Crippen LogP contribution in [0.15, 0.2) is 42.6 Å². The van der Waals surface area contributed by atoms with Gasteiger partial charge in [-0.1, -0.05) is 58.0 Å². The lowest BCUT2D eigenvalue weighted by atomic mass is 9.73. The summed E-state index contributed by atoms with van der Waals surface area (Å²) >= 11 is 0. The van der Waals surface area contributed by atoms with Crippen molar-refractivity contribution < 1.29 is 48.0 Å². The van der Waals surface area contributed by atoms with Gasteiger partial charge in [-0.05, 0) is 78.7 Å². The molecule has 5 rings (SSSR count). The molecule has 3 fully saturated rings. The van der Waals surface area contributed by atoms with Crippen molar-refractivity contribution in [3.8, 4) is 0 Å². The average molecular weight is 766 g/mol. The molecule has 13 nitrogen and oxygen atoms in total. The number of fused-ring (bicyclic) bond motifs is 2. The third-order valence-electron chi connectivity index (χ3n) is 11.9. The van der Waals surface area contributed by atoms with E-state index in [9.17, 15) is 24.3 Å². The third-order valence-corrected chi connectivity index (χ3v) is 11.9. The third kappa shape index (κ3) is 8.96. The summed E-state index contributed by atoms with van der Waals surface area (Å²) in [6, 6.07) is 8.68. The summed E-state index contributed by atoms with van der Waals surface area (Å²) in [5, 5.41) is 15.4. The molecule has 13 heteroatoms. The Kier molecular flexibility index (Phi) is 13.2. The van der Waals surface area contributed by atoms with Crippen molar-refractivity contribution in [2.75, 3.05) is 20.7 Å². The Morgan fingerprint density at radius 1 is 1.04 bits per heavy atom. The maximum absolute atomic E-state index is 14.4. The molecule has 0 unspecified atom stereocenters. The molecule has 1 aromatic carbocycles. The molecule has 55 heavy (non-hydrogen) atoms. The van der Waals surface area contributed by atoms with Gasteiger partial charge in [-0.25, -0.2) is 4.79 Å². The fourth-order valence-electron chi connectivity index (χ4n) is 8.74. The number of nitrogens with zero attached hydrogens (tertiary/aromatic N) is 2. The van der Waals surface area contributed by atoms with E-state index in [-0.39, 0.29) is 37.4 Å². The molecule has 0 saturated carbocycles. The normalized spacial score (nSPS) is 38.1. The number of aliphatic hydroxyl groups is 1. The number of hydrogen-bond donors (Lipinski definition) is 2. The Bertz CT molecular complexity index is 1750. The minimum absolute atomic E-state index is 0.0686. The van der Waals surface area contributed by atoms with Crippen molar-refractivity contribution in [3.63, 3.8) is 0 Å². The first kappa shape index (κ1) is 42.4. The van der Waals surface area contributed by atoms with E-state index in [1.807, 2.05) is 68.4 Å². The first-order valence-electron chi connectivity index (χ1n) is 19.5. The van der Waals surface area contributed by atoms with Crippen LogP contribution in [0.3, 0.4) is 0 Å². The second-order valence-electron chi connectivity index (χ2n) is 16.3. The predicted octanol–water partition coefficient (Wildman–Crippen LogP) is 5.11. The van der Waals surface area contributed by atoms with Crippen LogP contribution in [0.4, 0.5) is 4.79 Å². The van der Waals surface area contributed by atoms with Crippen LogP contribution in [0.5, 0.6) is 0 Å². The van der Waals surface area contributed by atoms with Gasteiger partial charge in [-0.15, -0.1) is 0 Å². The topological polar surface area (TPSA) is 163 Å². The number of ether oxygens (including phenoxy) is 5. The molecule has 1 aromatic heterocycles. The number of hydrogen-bond acceptors (Lipinski definition) is 12. The molecule has 302 valence electrons. The minimum Gasteiger partial charge on any atom is -0.458 e. The molecular formula is C42H59N3O10. The summed E-state index contributed by atoms with van der Waals surface area (Å²) in [5.74, 6) is -5.11. The number of pyridine rings is 1. The van der Waals surface area contributed by atoms with Crippen LogP contribution >= 0.6 is 0 Å². The van der Waals surface area contributed by atoms with Gasteiger partial charge in [0, 0.05) is 35.4 Å². The minimum atomic E-state index is -1.38. The average Bonchev–Trinajstić information content (AvgIpc) is 3.47. The van der Waals surface area contributed by atoms with Crippen LogP contribution in [0, 0.1) is 23.7 Å². The number of cyclic esters (lactones) is 1. The van der Waals surface area contributed by atoms with Gasteiger partial charge in [-0.3, -0.25) is 19.4 Å². The SMILES string of the molecule is CC[C@H]1OC(=O)[C@H](C)C(=O)[C@H](C)[C@@H](O[C@@H]2O[C@H](C)C[C@H](N(C)C)[C@H]2O)[C@@](C)(OC/C=C/c2ccc3cccnc3c2)C[C@@H](C)C(=O)[C@H](C)[C@H]2NC(=O)O[C@@]21C. The lowest BCUT2D eigenvalue weighted by molar-refractivity contribution is -0.296. The van der Waals surface area contributed by atoms with E-state index >= 15 is 0 Å². The number of nitrogens with one attached hydrogen (secondary N) is 1. The molecule has 0 aliphatic carbocycles. The standard InChI is InChI=1S/C42H59N3O10/c1-11-32-42(8)36(44-40(50)55-42)25(4)33(46)23(2)22-41(7,51-19-13-14-28-16-17-29-15-12-18-43-30(29)21-28)37(26(5)34(47)27(6)38(49)53-32)54-39-35(48)31(45(9)10)20-24(3)52-39/h12-18,21,23-27,31-32,35-37,39,48H,11,19-20,22H2,1-10H3,(H,44,50)/b14-13+/t23-,24-,25+,26+,27-,31+,32-,35-,36-,37-,39+,41+,42-/m1/s1. The van der Waals surface area contributed by atoms with Crippen LogP contribution in [-0.4, -0.2) is 113 Å². The highest BCUT2D eigenvalue weighted by Gasteiger charge is 2.57. The second-order valence-corrected chi connectivity index (χ2v) is 16.3. The van der Waals surface area contributed by atoms with Crippen molar-refractivity contribution in [2.24, 2.45) is 23.7 Å². The molecule has 0 radical (unpaired) electrons. The summed E-state index contributed by atoms with van der Waals surface area (Å²) in [5.41, 5.74) is -0.976. The zero-order chi connectivity index (χ0) is 40.4. The van der Waals surface area contributed by atoms with E-state index in [0.717, 1.165) is 16.5 Å². The number of rotatable bonds is 8. The number of aliphatic hydroxyl groups excluding tert-OH is 1. The van der Waals surface area contributed by atoms with Crippen LogP contribution in [0.2, 0.25) is 0 Å². The Morgan fingerprint density at radius 2 is 1.76 bits per heavy atom. The number of aromatic nitrogens is 1. The fourth-order valence-corrected chi connectivity index (χ4v) is 8.74. The molecule has 13 atom stereocenters. The van der Waals surface area contributed by atoms with Gasteiger partial charge in [-0.2, -0.15) is 0 Å². The summed E-state index contributed by atoms with van der Waals surface area (Å²) in [7, 11) is 3.74. The first-order chi connectivity index (χ1) is 25.9. The molecule has 3 aliphatic rings. The molecule has 4 heterocycles. The van der Waals surface area contributed by atoms with Gasteiger partial charge in [0.25, 0.3) is 0 Å². The number of likely N-dealkylation sites (N-methyl/N-ethyl adjacent to an activating group) is 1. The quantitative estimate of drug-likeness (QED) is 0.270. The summed E-state index contributed by atoms with van der Waals surface area (Å²) in [6.07, 6.45) is 1.14. The summed E-state index contributed by atoms with van der Waals surface area (Å²) in [4.78, 5) is 61.7. The highest BCUT2D eigenvalue weighted by atomic mass is 16.7. The van der Waals surface area contributed by atoms with E-state index in [0.29, 0.717) is 6.42 Å². The Balaban J connectivity index is 1.56. The van der Waals surface area contributed by atoms with Crippen LogP contribution in [0.1, 0.15) is 80.2 Å². The number of ketones is 2. The van der Waals surface area contributed by atoms with Crippen LogP contribution in [0.25, 0.3) is 17.0 Å². The lowest BCUT2D eigenvalue weighted by Gasteiger charge is -2.47. The Labute approximate surface area is 324 Å². The predicted molar refractivity (Wildman–Crippen MR) is 206 cm³/mol. The zero-order valence-corrected chi connectivity index (χ0v) is 33.8. The molecule has 3 aliphatic heterocycles. The van der Waals surface area contributed by atoms with Gasteiger partial charge in [0.1, 0.15) is 23.9 Å². The monoisotopic (exact) mass is 765 g/mol. The maximum atomic E-state index is 14.4. The largest absolute Gasteiger partial charge is 0.458 e. The molecule has 2 N–H and O–H groups in total. The Hall–Kier alpha value is -3.75. The van der Waals surface area contributed by atoms with Crippen LogP contribution in [-0.2, 0) is 38.1 Å². The van der Waals surface area contributed by atoms with E-state index in [1.165, 1.54) is 6.92 Å². The molecule has 0 spiro atoms. The summed E-state index contributed by atoms with van der Waals surface area (Å²) in [6.45, 7) is 13.9. The number of alkyl carbamates (subject to hydrolysis) is 1. The summed E-state index contributed by atoms with van der Waals surface area (Å²) < 4.78 is 31.4. The lowest BCUT2D eigenvalue weighted by Crippen LogP contribution is -2.60. The van der Waals surface area contributed by atoms with Gasteiger partial charge < -0.3 is 39.0 Å². The number of Topliss-reactive ketones (excluding diaryl/α,β-unsaturated/α-hetero) is 2. The van der Waals surface area contributed by atoms with E-state index in [4.69, 9.17) is 23.7 Å². The number of amides is 1. The Morgan fingerprint density at radius 3 is 2.45 bits per heavy atom. The van der Waals surface area contributed by atoms with Gasteiger partial charge in [0.05, 0.1) is 36.0 Å². The second kappa shape index (κ2) is 17.2. The smallest absolute Gasteiger partial charge is 0.408 e. The highest BCUT2D eigenvalue weighted by molar-refractivity contribution is 6.00. The van der Waals surface area contributed by atoms with Gasteiger partial charge in [0.2, 0.25) is 0 Å². The van der Waals surface area contributed by atoms with Crippen LogP contribution < -0.4 is 5.32 Å². The van der Waals surface area contributed by atoms with E-state index < -0.39 is 83.4 Å². The van der Waals surface area contributed by atoms with Gasteiger partial charge in [0.15, 0.2) is 17.7 Å². The number of carbonyl (C=O) groups is 4. The number of carbonyl (C=O) groups excluding carboxylic acids is 4. The first-order valence-corrected chi connectivity index (χ1v) is 19.5. The highest BCUT2D eigenvalue weighted by Crippen LogP contribution is 2.40. The molecule has 2 aromatic rings. The van der Waals surface area contributed by atoms with Crippen molar-refractivity contribution in [2.45, 2.75) is 129 Å². The number of benzene rings is 1. The van der Waals surface area contributed by atoms with Crippen molar-refractivity contribution >= 4 is 40.6 Å². The number of esters is 1.